The van der Waals surface area contributed by atoms with Gasteiger partial charge < -0.3 is 14.2 Å². The predicted octanol–water partition coefficient (Wildman–Crippen LogP) is 2.79. The molecule has 150 valence electrons. The van der Waals surface area contributed by atoms with Gasteiger partial charge in [0, 0.05) is 18.1 Å². The quantitative estimate of drug-likeness (QED) is 0.437. The van der Waals surface area contributed by atoms with Crippen LogP contribution >= 0.6 is 0 Å². The molecular formula is C21H18FNO6. The molecule has 0 atom stereocenters. The number of carbonyl (C=O) groups is 3. The van der Waals surface area contributed by atoms with Crippen LogP contribution in [0.3, 0.4) is 0 Å². The van der Waals surface area contributed by atoms with Crippen molar-refractivity contribution in [1.82, 2.24) is 0 Å². The lowest BCUT2D eigenvalue weighted by atomic mass is 10.0. The van der Waals surface area contributed by atoms with E-state index in [0.29, 0.717) is 16.9 Å². The van der Waals surface area contributed by atoms with Crippen LogP contribution in [0, 0.1) is 5.82 Å². The Morgan fingerprint density at radius 1 is 1.03 bits per heavy atom. The minimum absolute atomic E-state index is 0.154. The fourth-order valence-electron chi connectivity index (χ4n) is 3.04. The first-order valence-corrected chi connectivity index (χ1v) is 8.60. The summed E-state index contributed by atoms with van der Waals surface area (Å²) in [6.45, 7) is 0.995. The number of nitrogens with zero attached hydrogens (tertiary/aromatic N) is 1. The van der Waals surface area contributed by atoms with E-state index < -0.39 is 23.6 Å². The minimum atomic E-state index is -0.596. The Kier molecular flexibility index (Phi) is 5.63. The maximum absolute atomic E-state index is 13.7. The van der Waals surface area contributed by atoms with Gasteiger partial charge in [-0.25, -0.2) is 14.1 Å². The van der Waals surface area contributed by atoms with Crippen LogP contribution in [-0.2, 0) is 23.9 Å². The molecule has 0 saturated carbocycles. The summed E-state index contributed by atoms with van der Waals surface area (Å²) in [6.07, 6.45) is 0. The average molecular weight is 399 g/mol. The lowest BCUT2D eigenvalue weighted by Crippen LogP contribution is -2.31. The van der Waals surface area contributed by atoms with Crippen LogP contribution in [0.5, 0.6) is 5.75 Å². The summed E-state index contributed by atoms with van der Waals surface area (Å²) in [5.41, 5.74) is 1.27. The lowest BCUT2D eigenvalue weighted by Gasteiger charge is -2.13. The van der Waals surface area contributed by atoms with Gasteiger partial charge in [0.1, 0.15) is 17.3 Å². The monoisotopic (exact) mass is 399 g/mol. The van der Waals surface area contributed by atoms with E-state index in [-0.39, 0.29) is 23.6 Å². The van der Waals surface area contributed by atoms with Gasteiger partial charge in [0.2, 0.25) is 5.91 Å². The average Bonchev–Trinajstić information content (AvgIpc) is 2.99. The molecule has 0 bridgehead atoms. The molecule has 0 radical (unpaired) electrons. The number of benzene rings is 2. The first-order valence-electron chi connectivity index (χ1n) is 8.60. The molecule has 0 saturated heterocycles. The lowest BCUT2D eigenvalue weighted by molar-refractivity contribution is -0.143. The Labute approximate surface area is 166 Å². The van der Waals surface area contributed by atoms with Crippen molar-refractivity contribution in [2.45, 2.75) is 6.92 Å². The first-order chi connectivity index (χ1) is 13.9. The van der Waals surface area contributed by atoms with Gasteiger partial charge >= 0.3 is 5.97 Å². The molecule has 1 aliphatic rings. The van der Waals surface area contributed by atoms with Gasteiger partial charge in [-0.1, -0.05) is 0 Å². The molecule has 0 aromatic heterocycles. The number of rotatable bonds is 5. The van der Waals surface area contributed by atoms with E-state index in [9.17, 15) is 18.8 Å². The van der Waals surface area contributed by atoms with Crippen LogP contribution in [0.1, 0.15) is 18.1 Å². The van der Waals surface area contributed by atoms with Gasteiger partial charge in [0.05, 0.1) is 25.5 Å². The highest BCUT2D eigenvalue weighted by Crippen LogP contribution is 2.41. The van der Waals surface area contributed by atoms with Crippen molar-refractivity contribution in [1.29, 1.82) is 0 Å². The molecule has 1 aliphatic heterocycles. The summed E-state index contributed by atoms with van der Waals surface area (Å²) in [5.74, 6) is -1.55. The number of carbonyl (C=O) groups excluding carboxylic acids is 3. The molecule has 1 heterocycles. The third-order valence-corrected chi connectivity index (χ3v) is 4.33. The summed E-state index contributed by atoms with van der Waals surface area (Å²) in [7, 11) is 2.66. The number of hydrogen-bond donors (Lipinski definition) is 0. The number of amides is 2. The number of halogens is 1. The third-order valence-electron chi connectivity index (χ3n) is 4.33. The summed E-state index contributed by atoms with van der Waals surface area (Å²) >= 11 is 0. The van der Waals surface area contributed by atoms with Crippen LogP contribution in [0.2, 0.25) is 0 Å². The van der Waals surface area contributed by atoms with Gasteiger partial charge in [-0.05, 0) is 42.5 Å². The van der Waals surface area contributed by atoms with E-state index in [1.165, 1.54) is 33.3 Å². The fourth-order valence-corrected chi connectivity index (χ4v) is 3.04. The van der Waals surface area contributed by atoms with E-state index in [0.717, 1.165) is 11.0 Å². The van der Waals surface area contributed by atoms with Crippen molar-refractivity contribution in [2.24, 2.45) is 0 Å². The zero-order valence-corrected chi connectivity index (χ0v) is 16.0. The fraction of sp³-hybridized carbons (Fsp3) is 0.190. The van der Waals surface area contributed by atoms with Crippen molar-refractivity contribution in [2.75, 3.05) is 25.7 Å². The summed E-state index contributed by atoms with van der Waals surface area (Å²) in [4.78, 5) is 37.0. The Morgan fingerprint density at radius 2 is 1.72 bits per heavy atom. The molecule has 2 aromatic carbocycles. The second kappa shape index (κ2) is 8.14. The molecule has 2 aromatic rings. The third kappa shape index (κ3) is 3.82. The van der Waals surface area contributed by atoms with Crippen LogP contribution in [0.4, 0.5) is 10.1 Å². The van der Waals surface area contributed by atoms with Gasteiger partial charge in [0.25, 0.3) is 5.91 Å². The second-order valence-corrected chi connectivity index (χ2v) is 6.12. The normalized spacial score (nSPS) is 14.3. The van der Waals surface area contributed by atoms with E-state index in [4.69, 9.17) is 9.47 Å². The number of hydrogen-bond acceptors (Lipinski definition) is 6. The molecule has 0 unspecified atom stereocenters. The molecule has 8 heteroatoms. The standard InChI is InChI=1S/C21H18FNO6/c1-12(24)23-17-10-14(22)6-9-16(17)19(21(23)26)20(28-3)13-4-7-15(8-5-13)29-11-18(25)27-2/h4-10H,11H2,1-3H3. The molecule has 0 spiro atoms. The molecule has 3 rings (SSSR count). The maximum atomic E-state index is 13.7. The Hall–Kier alpha value is -3.68. The van der Waals surface area contributed by atoms with Crippen molar-refractivity contribution in [3.63, 3.8) is 0 Å². The van der Waals surface area contributed by atoms with Gasteiger partial charge in [0.15, 0.2) is 6.61 Å². The van der Waals surface area contributed by atoms with E-state index >= 15 is 0 Å². The molecular weight excluding hydrogens is 381 g/mol. The predicted molar refractivity (Wildman–Crippen MR) is 102 cm³/mol. The van der Waals surface area contributed by atoms with E-state index in [1.807, 2.05) is 0 Å². The van der Waals surface area contributed by atoms with Crippen LogP contribution in [0.15, 0.2) is 42.5 Å². The topological polar surface area (TPSA) is 82.1 Å². The van der Waals surface area contributed by atoms with E-state index in [1.54, 1.807) is 24.3 Å². The highest BCUT2D eigenvalue weighted by Gasteiger charge is 2.38. The van der Waals surface area contributed by atoms with E-state index in [2.05, 4.69) is 4.74 Å². The van der Waals surface area contributed by atoms with Crippen LogP contribution < -0.4 is 9.64 Å². The number of ether oxygens (including phenoxy) is 3. The number of esters is 1. The molecule has 0 aliphatic carbocycles. The van der Waals surface area contributed by atoms with Crippen molar-refractivity contribution in [3.05, 3.63) is 59.4 Å². The second-order valence-electron chi connectivity index (χ2n) is 6.12. The van der Waals surface area contributed by atoms with Crippen molar-refractivity contribution < 1.29 is 33.0 Å². The zero-order valence-electron chi connectivity index (χ0n) is 16.0. The number of methoxy groups -OCH3 is 2. The zero-order chi connectivity index (χ0) is 21.1. The Bertz CT molecular complexity index is 1010. The highest BCUT2D eigenvalue weighted by atomic mass is 19.1. The van der Waals surface area contributed by atoms with Gasteiger partial charge in [-0.3, -0.25) is 9.59 Å². The first kappa shape index (κ1) is 20.1. The minimum Gasteiger partial charge on any atom is -0.495 e. The number of anilines is 1. The maximum Gasteiger partial charge on any atom is 0.343 e. The van der Waals surface area contributed by atoms with Crippen LogP contribution in [0.25, 0.3) is 11.3 Å². The van der Waals surface area contributed by atoms with Gasteiger partial charge in [-0.15, -0.1) is 0 Å². The summed E-state index contributed by atoms with van der Waals surface area (Å²) < 4.78 is 29.0. The Morgan fingerprint density at radius 3 is 2.31 bits per heavy atom. The number of imide groups is 1. The molecule has 2 amide bonds. The summed E-state index contributed by atoms with van der Waals surface area (Å²) in [6, 6.07) is 10.3. The largest absolute Gasteiger partial charge is 0.495 e. The van der Waals surface area contributed by atoms with Gasteiger partial charge in [-0.2, -0.15) is 0 Å². The van der Waals surface area contributed by atoms with Crippen molar-refractivity contribution >= 4 is 34.8 Å². The van der Waals surface area contributed by atoms with Crippen LogP contribution in [-0.4, -0.2) is 38.6 Å². The molecule has 7 nitrogen and oxygen atoms in total. The molecule has 29 heavy (non-hydrogen) atoms. The van der Waals surface area contributed by atoms with Crippen molar-refractivity contribution in [3.8, 4) is 5.75 Å². The SMILES string of the molecule is COC(=O)COc1ccc(C(OC)=C2C(=O)N(C(C)=O)c3cc(F)ccc32)cc1. The summed E-state index contributed by atoms with van der Waals surface area (Å²) in [5, 5.41) is 0. The smallest absolute Gasteiger partial charge is 0.343 e. The molecule has 0 fully saturated rings. The number of fused-ring (bicyclic) bond motifs is 1. The Balaban J connectivity index is 2.03. The molecule has 0 N–H and O–H groups in total. The highest BCUT2D eigenvalue weighted by molar-refractivity contribution is 6.42.